The molecule has 1 amide bonds. The standard InChI is InChI=1S/C20H24F3N3O6S/c1-25-13-15(33(28,29)26-5-7-31-8-6-26)12-17(25)19(27)24-16-11-14(20(21,22)23)3-4-18(16)32-10-9-30-2/h3-4,11-13H,5-10H2,1-2H3,(H,24,27). The van der Waals surface area contributed by atoms with E-state index in [4.69, 9.17) is 14.2 Å². The topological polar surface area (TPSA) is 99.1 Å². The zero-order valence-corrected chi connectivity index (χ0v) is 18.8. The quantitative estimate of drug-likeness (QED) is 0.570. The van der Waals surface area contributed by atoms with Gasteiger partial charge in [0.2, 0.25) is 10.0 Å². The number of carbonyl (C=O) groups excluding carboxylic acids is 1. The van der Waals surface area contributed by atoms with Gasteiger partial charge in [-0.15, -0.1) is 0 Å². The minimum Gasteiger partial charge on any atom is -0.489 e. The number of methoxy groups -OCH3 is 1. The van der Waals surface area contributed by atoms with Crippen molar-refractivity contribution in [3.8, 4) is 5.75 Å². The Hall–Kier alpha value is -2.61. The molecule has 1 fully saturated rings. The summed E-state index contributed by atoms with van der Waals surface area (Å²) in [4.78, 5) is 12.8. The van der Waals surface area contributed by atoms with Crippen molar-refractivity contribution < 1.29 is 40.6 Å². The number of anilines is 1. The first-order chi connectivity index (χ1) is 15.5. The van der Waals surface area contributed by atoms with Gasteiger partial charge in [0.1, 0.15) is 22.9 Å². The van der Waals surface area contributed by atoms with Crippen LogP contribution in [0.3, 0.4) is 0 Å². The molecule has 1 saturated heterocycles. The molecule has 1 aliphatic rings. The molecular weight excluding hydrogens is 467 g/mol. The summed E-state index contributed by atoms with van der Waals surface area (Å²) < 4.78 is 83.3. The summed E-state index contributed by atoms with van der Waals surface area (Å²) >= 11 is 0. The minimum absolute atomic E-state index is 0.0174. The molecule has 0 atom stereocenters. The summed E-state index contributed by atoms with van der Waals surface area (Å²) in [6, 6.07) is 3.88. The van der Waals surface area contributed by atoms with Gasteiger partial charge < -0.3 is 24.1 Å². The maximum Gasteiger partial charge on any atom is 0.416 e. The number of benzene rings is 1. The molecule has 33 heavy (non-hydrogen) atoms. The Kier molecular flexibility index (Phi) is 7.67. The Morgan fingerprint density at radius 3 is 2.52 bits per heavy atom. The van der Waals surface area contributed by atoms with Crippen LogP contribution in [0, 0.1) is 0 Å². The Bertz CT molecular complexity index is 1090. The van der Waals surface area contributed by atoms with Gasteiger partial charge in [0.15, 0.2) is 0 Å². The third-order valence-electron chi connectivity index (χ3n) is 4.92. The van der Waals surface area contributed by atoms with Crippen LogP contribution in [-0.2, 0) is 32.7 Å². The SMILES string of the molecule is COCCOc1ccc(C(F)(F)F)cc1NC(=O)c1cc(S(=O)(=O)N2CCOCC2)cn1C. The number of hydrogen-bond donors (Lipinski definition) is 1. The number of nitrogens with one attached hydrogen (secondary N) is 1. The highest BCUT2D eigenvalue weighted by Gasteiger charge is 2.32. The van der Waals surface area contributed by atoms with E-state index in [1.165, 1.54) is 35.3 Å². The number of halogens is 3. The van der Waals surface area contributed by atoms with E-state index in [9.17, 15) is 26.4 Å². The van der Waals surface area contributed by atoms with Crippen LogP contribution in [0.2, 0.25) is 0 Å². The zero-order chi connectivity index (χ0) is 24.2. The van der Waals surface area contributed by atoms with Gasteiger partial charge in [0, 0.05) is 33.4 Å². The van der Waals surface area contributed by atoms with Crippen LogP contribution in [0.25, 0.3) is 0 Å². The summed E-state index contributed by atoms with van der Waals surface area (Å²) in [5.41, 5.74) is -1.23. The number of rotatable bonds is 8. The fraction of sp³-hybridized carbons (Fsp3) is 0.450. The van der Waals surface area contributed by atoms with Crippen LogP contribution in [0.4, 0.5) is 18.9 Å². The molecule has 0 aliphatic carbocycles. The molecule has 182 valence electrons. The lowest BCUT2D eigenvalue weighted by Gasteiger charge is -2.25. The maximum absolute atomic E-state index is 13.2. The van der Waals surface area contributed by atoms with Gasteiger partial charge in [-0.05, 0) is 24.3 Å². The lowest BCUT2D eigenvalue weighted by molar-refractivity contribution is -0.137. The van der Waals surface area contributed by atoms with Crippen molar-refractivity contribution in [3.05, 3.63) is 41.7 Å². The molecule has 13 heteroatoms. The highest BCUT2D eigenvalue weighted by molar-refractivity contribution is 7.89. The minimum atomic E-state index is -4.63. The average molecular weight is 491 g/mol. The summed E-state index contributed by atoms with van der Waals surface area (Å²) in [7, 11) is -0.945. The number of carbonyl (C=O) groups is 1. The number of sulfonamides is 1. The predicted octanol–water partition coefficient (Wildman–Crippen LogP) is 2.34. The number of nitrogens with zero attached hydrogens (tertiary/aromatic N) is 2. The predicted molar refractivity (Wildman–Crippen MR) is 112 cm³/mol. The van der Waals surface area contributed by atoms with Gasteiger partial charge in [0.05, 0.1) is 31.1 Å². The smallest absolute Gasteiger partial charge is 0.416 e. The van der Waals surface area contributed by atoms with Crippen molar-refractivity contribution >= 4 is 21.6 Å². The number of ether oxygens (including phenoxy) is 3. The van der Waals surface area contributed by atoms with Crippen LogP contribution in [0.5, 0.6) is 5.75 Å². The largest absolute Gasteiger partial charge is 0.489 e. The first kappa shape index (κ1) is 25.0. The number of aryl methyl sites for hydroxylation is 1. The van der Waals surface area contributed by atoms with Crippen LogP contribution in [0.1, 0.15) is 16.1 Å². The van der Waals surface area contributed by atoms with E-state index in [0.29, 0.717) is 0 Å². The molecule has 0 spiro atoms. The highest BCUT2D eigenvalue weighted by atomic mass is 32.2. The van der Waals surface area contributed by atoms with Crippen LogP contribution in [0.15, 0.2) is 35.4 Å². The Balaban J connectivity index is 1.87. The van der Waals surface area contributed by atoms with Crippen molar-refractivity contribution in [1.29, 1.82) is 0 Å². The third kappa shape index (κ3) is 5.85. The molecule has 1 aliphatic heterocycles. The second-order valence-electron chi connectivity index (χ2n) is 7.19. The average Bonchev–Trinajstić information content (AvgIpc) is 3.17. The Labute approximate surface area is 189 Å². The Morgan fingerprint density at radius 2 is 1.88 bits per heavy atom. The Morgan fingerprint density at radius 1 is 1.18 bits per heavy atom. The van der Waals surface area contributed by atoms with Crippen molar-refractivity contribution in [2.24, 2.45) is 7.05 Å². The second kappa shape index (κ2) is 10.1. The molecule has 0 unspecified atom stereocenters. The number of hydrogen-bond acceptors (Lipinski definition) is 6. The molecule has 0 saturated carbocycles. The normalized spacial score (nSPS) is 15.4. The van der Waals surface area contributed by atoms with Crippen LogP contribution >= 0.6 is 0 Å². The molecule has 2 heterocycles. The second-order valence-corrected chi connectivity index (χ2v) is 9.13. The van der Waals surface area contributed by atoms with Crippen LogP contribution < -0.4 is 10.1 Å². The van der Waals surface area contributed by atoms with E-state index in [1.54, 1.807) is 0 Å². The summed E-state index contributed by atoms with van der Waals surface area (Å²) in [6.45, 7) is 1.14. The third-order valence-corrected chi connectivity index (χ3v) is 6.78. The van der Waals surface area contributed by atoms with Crippen molar-refractivity contribution in [2.75, 3.05) is 51.9 Å². The van der Waals surface area contributed by atoms with Gasteiger partial charge in [-0.25, -0.2) is 8.42 Å². The fourth-order valence-corrected chi connectivity index (χ4v) is 4.67. The zero-order valence-electron chi connectivity index (χ0n) is 18.0. The number of aromatic nitrogens is 1. The summed E-state index contributed by atoms with van der Waals surface area (Å²) in [5.74, 6) is -0.777. The molecule has 9 nitrogen and oxygen atoms in total. The van der Waals surface area contributed by atoms with E-state index in [0.717, 1.165) is 18.2 Å². The highest BCUT2D eigenvalue weighted by Crippen LogP contribution is 2.35. The molecule has 1 aromatic heterocycles. The van der Waals surface area contributed by atoms with E-state index in [-0.39, 0.29) is 61.5 Å². The van der Waals surface area contributed by atoms with Gasteiger partial charge in [-0.2, -0.15) is 17.5 Å². The maximum atomic E-state index is 13.2. The fourth-order valence-electron chi connectivity index (χ4n) is 3.19. The first-order valence-corrected chi connectivity index (χ1v) is 11.4. The van der Waals surface area contributed by atoms with Gasteiger partial charge in [-0.3, -0.25) is 4.79 Å². The number of amides is 1. The van der Waals surface area contributed by atoms with Gasteiger partial charge >= 0.3 is 6.18 Å². The lowest BCUT2D eigenvalue weighted by atomic mass is 10.1. The molecule has 1 N–H and O–H groups in total. The van der Waals surface area contributed by atoms with Crippen LogP contribution in [-0.4, -0.2) is 69.8 Å². The molecule has 0 radical (unpaired) electrons. The summed E-state index contributed by atoms with van der Waals surface area (Å²) in [5, 5.41) is 2.40. The monoisotopic (exact) mass is 491 g/mol. The van der Waals surface area contributed by atoms with E-state index < -0.39 is 27.7 Å². The molecule has 3 rings (SSSR count). The van der Waals surface area contributed by atoms with Crippen molar-refractivity contribution in [3.63, 3.8) is 0 Å². The van der Waals surface area contributed by atoms with Gasteiger partial charge in [0.25, 0.3) is 5.91 Å². The lowest BCUT2D eigenvalue weighted by Crippen LogP contribution is -2.40. The molecule has 1 aromatic carbocycles. The molecule has 0 bridgehead atoms. The van der Waals surface area contributed by atoms with E-state index >= 15 is 0 Å². The van der Waals surface area contributed by atoms with E-state index in [2.05, 4.69) is 5.32 Å². The summed E-state index contributed by atoms with van der Waals surface area (Å²) in [6.07, 6.45) is -3.35. The molecule has 2 aromatic rings. The van der Waals surface area contributed by atoms with E-state index in [1.807, 2.05) is 0 Å². The molecular formula is C20H24F3N3O6S. The number of morpholine rings is 1. The van der Waals surface area contributed by atoms with Crippen molar-refractivity contribution in [1.82, 2.24) is 8.87 Å². The van der Waals surface area contributed by atoms with Crippen molar-refractivity contribution in [2.45, 2.75) is 11.1 Å². The first-order valence-electron chi connectivity index (χ1n) is 9.92. The van der Waals surface area contributed by atoms with Gasteiger partial charge in [-0.1, -0.05) is 0 Å². The number of alkyl halides is 3.